The molecule has 2 amide bonds. The van der Waals surface area contributed by atoms with Crippen LogP contribution in [0.25, 0.3) is 0 Å². The van der Waals surface area contributed by atoms with Crippen LogP contribution in [0.15, 0.2) is 12.1 Å². The number of aliphatic hydroxyl groups is 1. The summed E-state index contributed by atoms with van der Waals surface area (Å²) in [5.74, 6) is 0.473. The number of amides is 2. The molecule has 0 radical (unpaired) electrons. The van der Waals surface area contributed by atoms with Gasteiger partial charge in [-0.1, -0.05) is 0 Å². The van der Waals surface area contributed by atoms with Crippen molar-refractivity contribution in [3.05, 3.63) is 34.4 Å². The lowest BCUT2D eigenvalue weighted by atomic mass is 9.96. The van der Waals surface area contributed by atoms with Gasteiger partial charge in [0, 0.05) is 36.8 Å². The summed E-state index contributed by atoms with van der Waals surface area (Å²) in [7, 11) is 0. The van der Waals surface area contributed by atoms with Crippen molar-refractivity contribution < 1.29 is 14.7 Å². The Labute approximate surface area is 142 Å². The Bertz CT molecular complexity index is 709. The van der Waals surface area contributed by atoms with E-state index >= 15 is 0 Å². The third-order valence-electron chi connectivity index (χ3n) is 5.44. The first-order chi connectivity index (χ1) is 11.5. The predicted octanol–water partition coefficient (Wildman–Crippen LogP) is 2.13. The molecule has 1 N–H and O–H groups in total. The van der Waals surface area contributed by atoms with Gasteiger partial charge in [0.15, 0.2) is 0 Å². The van der Waals surface area contributed by atoms with Gasteiger partial charge in [-0.25, -0.2) is 0 Å². The highest BCUT2D eigenvalue weighted by molar-refractivity contribution is 6.03. The minimum absolute atomic E-state index is 0.0398. The number of carbonyl (C=O) groups is 2. The molecule has 2 heterocycles. The summed E-state index contributed by atoms with van der Waals surface area (Å²) in [6.07, 6.45) is 2.49. The van der Waals surface area contributed by atoms with Crippen LogP contribution in [0, 0.1) is 0 Å². The van der Waals surface area contributed by atoms with E-state index in [4.69, 9.17) is 0 Å². The van der Waals surface area contributed by atoms with Crippen molar-refractivity contribution in [3.63, 3.8) is 0 Å². The first kappa shape index (κ1) is 15.6. The quantitative estimate of drug-likeness (QED) is 0.925. The van der Waals surface area contributed by atoms with Crippen LogP contribution in [0.5, 0.6) is 0 Å². The van der Waals surface area contributed by atoms with E-state index in [1.54, 1.807) is 11.0 Å². The van der Waals surface area contributed by atoms with Gasteiger partial charge in [-0.3, -0.25) is 9.59 Å². The zero-order valence-corrected chi connectivity index (χ0v) is 14.3. The number of carbonyl (C=O) groups excluding carboxylic acids is 2. The molecule has 1 atom stereocenters. The van der Waals surface area contributed by atoms with Crippen molar-refractivity contribution in [3.8, 4) is 0 Å². The molecule has 3 aliphatic rings. The van der Waals surface area contributed by atoms with E-state index in [-0.39, 0.29) is 17.9 Å². The molecule has 1 saturated heterocycles. The van der Waals surface area contributed by atoms with Gasteiger partial charge in [-0.05, 0) is 62.3 Å². The molecule has 0 aromatic heterocycles. The fourth-order valence-electron chi connectivity index (χ4n) is 3.87. The van der Waals surface area contributed by atoms with Gasteiger partial charge >= 0.3 is 0 Å². The Kier molecular flexibility index (Phi) is 3.64. The summed E-state index contributed by atoms with van der Waals surface area (Å²) in [4.78, 5) is 29.1. The van der Waals surface area contributed by atoms with Gasteiger partial charge in [-0.2, -0.15) is 0 Å². The van der Waals surface area contributed by atoms with Crippen molar-refractivity contribution in [1.82, 2.24) is 9.80 Å². The first-order valence-electron chi connectivity index (χ1n) is 8.91. The number of likely N-dealkylation sites (tertiary alicyclic amines) is 1. The van der Waals surface area contributed by atoms with Crippen molar-refractivity contribution in [2.24, 2.45) is 0 Å². The zero-order chi connectivity index (χ0) is 17.0. The maximum atomic E-state index is 12.8. The van der Waals surface area contributed by atoms with Gasteiger partial charge in [-0.15, -0.1) is 0 Å². The van der Waals surface area contributed by atoms with Gasteiger partial charge in [0.25, 0.3) is 11.8 Å². The monoisotopic (exact) mass is 328 g/mol. The SMILES string of the molecule is CC(C)N1Cc2c(cc(C(=O)N3CCC(O)C3)cc2C2CC2)C1=O. The van der Waals surface area contributed by atoms with Crippen LogP contribution in [0.3, 0.4) is 0 Å². The summed E-state index contributed by atoms with van der Waals surface area (Å²) >= 11 is 0. The molecule has 1 saturated carbocycles. The molecule has 1 aromatic carbocycles. The van der Waals surface area contributed by atoms with Crippen LogP contribution in [0.1, 0.15) is 70.9 Å². The van der Waals surface area contributed by atoms with Crippen LogP contribution in [0.2, 0.25) is 0 Å². The molecule has 0 bridgehead atoms. The van der Waals surface area contributed by atoms with Crippen molar-refractivity contribution in [2.45, 2.75) is 57.7 Å². The van der Waals surface area contributed by atoms with Gasteiger partial charge < -0.3 is 14.9 Å². The maximum Gasteiger partial charge on any atom is 0.254 e. The van der Waals surface area contributed by atoms with Crippen molar-refractivity contribution in [1.29, 1.82) is 0 Å². The number of benzene rings is 1. The van der Waals surface area contributed by atoms with E-state index in [9.17, 15) is 14.7 Å². The second-order valence-electron chi connectivity index (χ2n) is 7.59. The van der Waals surface area contributed by atoms with Gasteiger partial charge in [0.2, 0.25) is 0 Å². The average Bonchev–Trinajstić information content (AvgIpc) is 3.22. The highest BCUT2D eigenvalue weighted by Gasteiger charge is 2.37. The van der Waals surface area contributed by atoms with Crippen LogP contribution in [-0.2, 0) is 6.54 Å². The molecule has 4 rings (SSSR count). The van der Waals surface area contributed by atoms with E-state index < -0.39 is 6.10 Å². The highest BCUT2D eigenvalue weighted by atomic mass is 16.3. The standard InChI is InChI=1S/C19H24N2O3/c1-11(2)21-10-17-15(12-3-4-12)7-13(8-16(17)19(21)24)18(23)20-6-5-14(22)9-20/h7-8,11-12,14,22H,3-6,9-10H2,1-2H3. The normalized spacial score (nSPS) is 23.3. The lowest BCUT2D eigenvalue weighted by molar-refractivity contribution is 0.0730. The maximum absolute atomic E-state index is 12.8. The second-order valence-corrected chi connectivity index (χ2v) is 7.59. The highest BCUT2D eigenvalue weighted by Crippen LogP contribution is 2.45. The molecule has 128 valence electrons. The molecular weight excluding hydrogens is 304 g/mol. The molecule has 2 fully saturated rings. The number of fused-ring (bicyclic) bond motifs is 1. The van der Waals surface area contributed by atoms with Crippen LogP contribution in [-0.4, -0.2) is 52.0 Å². The molecular formula is C19H24N2O3. The number of aliphatic hydroxyl groups excluding tert-OH is 1. The smallest absolute Gasteiger partial charge is 0.254 e. The van der Waals surface area contributed by atoms with Gasteiger partial charge in [0.1, 0.15) is 0 Å². The number of β-amino-alcohol motifs (C(OH)–C–C–N with tert-alkyl or cyclic N) is 1. The molecule has 1 aliphatic carbocycles. The van der Waals surface area contributed by atoms with E-state index in [1.165, 1.54) is 5.56 Å². The first-order valence-corrected chi connectivity index (χ1v) is 8.91. The Morgan fingerprint density at radius 1 is 1.25 bits per heavy atom. The molecule has 5 heteroatoms. The number of hydrogen-bond acceptors (Lipinski definition) is 3. The summed E-state index contributed by atoms with van der Waals surface area (Å²) in [6.45, 7) is 5.69. The van der Waals surface area contributed by atoms with E-state index in [1.807, 2.05) is 24.8 Å². The molecule has 24 heavy (non-hydrogen) atoms. The number of nitrogens with zero attached hydrogens (tertiary/aromatic N) is 2. The third kappa shape index (κ3) is 2.51. The van der Waals surface area contributed by atoms with Crippen LogP contribution in [0.4, 0.5) is 0 Å². The molecule has 5 nitrogen and oxygen atoms in total. The average molecular weight is 328 g/mol. The summed E-state index contributed by atoms with van der Waals surface area (Å²) < 4.78 is 0. The lowest BCUT2D eigenvalue weighted by Crippen LogP contribution is -2.31. The fourth-order valence-corrected chi connectivity index (χ4v) is 3.87. The third-order valence-corrected chi connectivity index (χ3v) is 5.44. The Morgan fingerprint density at radius 3 is 2.58 bits per heavy atom. The number of rotatable bonds is 3. The van der Waals surface area contributed by atoms with E-state index in [0.717, 1.165) is 18.4 Å². The van der Waals surface area contributed by atoms with Gasteiger partial charge in [0.05, 0.1) is 6.10 Å². The minimum Gasteiger partial charge on any atom is -0.391 e. The van der Waals surface area contributed by atoms with Crippen molar-refractivity contribution in [2.75, 3.05) is 13.1 Å². The molecule has 0 spiro atoms. The lowest BCUT2D eigenvalue weighted by Gasteiger charge is -2.20. The largest absolute Gasteiger partial charge is 0.391 e. The van der Waals surface area contributed by atoms with E-state index in [2.05, 4.69) is 0 Å². The molecule has 1 unspecified atom stereocenters. The number of hydrogen-bond donors (Lipinski definition) is 1. The predicted molar refractivity (Wildman–Crippen MR) is 90.0 cm³/mol. The topological polar surface area (TPSA) is 60.9 Å². The Hall–Kier alpha value is -1.88. The Balaban J connectivity index is 1.72. The molecule has 2 aliphatic heterocycles. The zero-order valence-electron chi connectivity index (χ0n) is 14.3. The second kappa shape index (κ2) is 5.59. The summed E-state index contributed by atoms with van der Waals surface area (Å²) in [5.41, 5.74) is 3.61. The van der Waals surface area contributed by atoms with Crippen molar-refractivity contribution >= 4 is 11.8 Å². The Morgan fingerprint density at radius 2 is 2.00 bits per heavy atom. The summed E-state index contributed by atoms with van der Waals surface area (Å²) in [5, 5.41) is 9.69. The fraction of sp³-hybridized carbons (Fsp3) is 0.579. The minimum atomic E-state index is -0.427. The molecule has 1 aromatic rings. The van der Waals surface area contributed by atoms with E-state index in [0.29, 0.717) is 43.1 Å². The van der Waals surface area contributed by atoms with Crippen LogP contribution >= 0.6 is 0 Å². The van der Waals surface area contributed by atoms with Crippen LogP contribution < -0.4 is 0 Å². The summed E-state index contributed by atoms with van der Waals surface area (Å²) in [6, 6.07) is 3.93.